The topological polar surface area (TPSA) is 83.3 Å². The van der Waals surface area contributed by atoms with Crippen molar-refractivity contribution in [3.05, 3.63) is 76.9 Å². The highest BCUT2D eigenvalue weighted by molar-refractivity contribution is 8.18. The number of aliphatic imine (C=N–C) groups is 1. The van der Waals surface area contributed by atoms with E-state index >= 15 is 0 Å². The molecule has 1 fully saturated rings. The number of aromatic amines is 1. The molecule has 0 unspecified atom stereocenters. The van der Waals surface area contributed by atoms with Gasteiger partial charge in [-0.2, -0.15) is 0 Å². The second kappa shape index (κ2) is 7.89. The lowest BCUT2D eigenvalue weighted by Crippen LogP contribution is -2.19. The van der Waals surface area contributed by atoms with Crippen LogP contribution in [0.25, 0.3) is 17.1 Å². The molecule has 0 saturated carbocycles. The second-order valence-corrected chi connectivity index (χ2v) is 8.66. The predicted octanol–water partition coefficient (Wildman–Crippen LogP) is 5.51. The van der Waals surface area contributed by atoms with Crippen LogP contribution in [0, 0.1) is 6.92 Å². The van der Waals surface area contributed by atoms with Crippen molar-refractivity contribution >= 4 is 57.4 Å². The molecule has 1 aliphatic rings. The monoisotopic (exact) mass is 432 g/mol. The van der Waals surface area contributed by atoms with E-state index in [1.54, 1.807) is 6.08 Å². The van der Waals surface area contributed by atoms with Crippen molar-refractivity contribution in [2.24, 2.45) is 4.99 Å². The zero-order valence-corrected chi connectivity index (χ0v) is 17.5. The van der Waals surface area contributed by atoms with Crippen LogP contribution in [-0.4, -0.2) is 21.0 Å². The number of aryl methyl sites for hydroxylation is 1. The molecular formula is C22H16N4O2S2. The quantitative estimate of drug-likeness (QED) is 0.416. The molecule has 2 N–H and O–H groups in total. The van der Waals surface area contributed by atoms with Gasteiger partial charge in [-0.1, -0.05) is 24.3 Å². The summed E-state index contributed by atoms with van der Waals surface area (Å²) in [5, 5.41) is 4.80. The molecule has 1 saturated heterocycles. The standard InChI is InChI=1S/C22H16N4O2S2/c1-13-5-4-6-14(11-13)23-21-26-20(27)18(29-21)12-15-9-10-19(28-15)30-22-24-16-7-2-3-8-17(16)25-22/h2-12H,1H3,(H,24,25)(H,23,26,27). The fraction of sp³-hybridized carbons (Fsp3) is 0.0455. The van der Waals surface area contributed by atoms with Crippen LogP contribution in [0.15, 0.2) is 85.2 Å². The number of H-pyrrole nitrogens is 1. The number of furan rings is 1. The number of fused-ring (bicyclic) bond motifs is 1. The number of carbonyl (C=O) groups is 1. The number of benzene rings is 2. The third-order valence-electron chi connectivity index (χ3n) is 4.32. The lowest BCUT2D eigenvalue weighted by molar-refractivity contribution is -0.115. The van der Waals surface area contributed by atoms with Gasteiger partial charge in [-0.25, -0.2) is 9.98 Å². The summed E-state index contributed by atoms with van der Waals surface area (Å²) in [5.74, 6) is 0.414. The normalized spacial score (nSPS) is 16.6. The Morgan fingerprint density at radius 2 is 2.03 bits per heavy atom. The van der Waals surface area contributed by atoms with E-state index in [4.69, 9.17) is 4.42 Å². The van der Waals surface area contributed by atoms with Crippen LogP contribution in [0.5, 0.6) is 0 Å². The summed E-state index contributed by atoms with van der Waals surface area (Å²) in [6.07, 6.45) is 1.72. The number of nitrogens with zero attached hydrogens (tertiary/aromatic N) is 2. The Bertz CT molecular complexity index is 1290. The Kier molecular flexibility index (Phi) is 4.94. The van der Waals surface area contributed by atoms with Crippen molar-refractivity contribution in [1.29, 1.82) is 0 Å². The van der Waals surface area contributed by atoms with E-state index in [1.165, 1.54) is 23.5 Å². The minimum Gasteiger partial charge on any atom is -0.450 e. The minimum absolute atomic E-state index is 0.186. The van der Waals surface area contributed by atoms with E-state index in [9.17, 15) is 4.79 Å². The number of carbonyl (C=O) groups excluding carboxylic acids is 1. The summed E-state index contributed by atoms with van der Waals surface area (Å²) in [7, 11) is 0. The number of nitrogens with one attached hydrogen (secondary N) is 2. The van der Waals surface area contributed by atoms with Crippen LogP contribution in [0.3, 0.4) is 0 Å². The fourth-order valence-corrected chi connectivity index (χ4v) is 4.56. The van der Waals surface area contributed by atoms with Crippen LogP contribution in [0.2, 0.25) is 0 Å². The Morgan fingerprint density at radius 3 is 2.90 bits per heavy atom. The van der Waals surface area contributed by atoms with Gasteiger partial charge in [0.15, 0.2) is 15.4 Å². The van der Waals surface area contributed by atoms with Gasteiger partial charge in [0.1, 0.15) is 5.76 Å². The molecule has 2 aromatic heterocycles. The first-order chi connectivity index (χ1) is 14.6. The number of para-hydroxylation sites is 2. The molecule has 0 spiro atoms. The number of hydrogen-bond donors (Lipinski definition) is 2. The SMILES string of the molecule is Cc1cccc(N=C2NC(=O)C(=Cc3ccc(Sc4nc5ccccc5[nH]4)o3)S2)c1. The van der Waals surface area contributed by atoms with Gasteiger partial charge in [0.05, 0.1) is 21.6 Å². The summed E-state index contributed by atoms with van der Waals surface area (Å²) in [6, 6.07) is 19.4. The maximum Gasteiger partial charge on any atom is 0.264 e. The van der Waals surface area contributed by atoms with Crippen molar-refractivity contribution in [2.75, 3.05) is 0 Å². The van der Waals surface area contributed by atoms with Gasteiger partial charge in [-0.3, -0.25) is 4.79 Å². The molecule has 6 nitrogen and oxygen atoms in total. The summed E-state index contributed by atoms with van der Waals surface area (Å²) in [5.41, 5.74) is 3.82. The van der Waals surface area contributed by atoms with Gasteiger partial charge < -0.3 is 14.7 Å². The molecule has 8 heteroatoms. The molecule has 0 bridgehead atoms. The second-order valence-electron chi connectivity index (χ2n) is 6.64. The van der Waals surface area contributed by atoms with E-state index < -0.39 is 0 Å². The molecule has 148 valence electrons. The zero-order valence-electron chi connectivity index (χ0n) is 15.9. The van der Waals surface area contributed by atoms with E-state index in [-0.39, 0.29) is 5.91 Å². The van der Waals surface area contributed by atoms with Crippen molar-refractivity contribution in [3.63, 3.8) is 0 Å². The number of amides is 1. The molecule has 5 rings (SSSR count). The maximum absolute atomic E-state index is 12.3. The third-order valence-corrected chi connectivity index (χ3v) is 6.04. The van der Waals surface area contributed by atoms with Crippen LogP contribution in [0.1, 0.15) is 11.3 Å². The number of thioether (sulfide) groups is 1. The smallest absolute Gasteiger partial charge is 0.264 e. The van der Waals surface area contributed by atoms with Crippen molar-refractivity contribution < 1.29 is 9.21 Å². The average Bonchev–Trinajstić information content (AvgIpc) is 3.41. The van der Waals surface area contributed by atoms with Gasteiger partial charge in [-0.05, 0) is 72.4 Å². The molecule has 1 amide bonds. The molecule has 0 radical (unpaired) electrons. The van der Waals surface area contributed by atoms with Gasteiger partial charge >= 0.3 is 0 Å². The summed E-state index contributed by atoms with van der Waals surface area (Å²) in [4.78, 5) is 25.1. The van der Waals surface area contributed by atoms with Gasteiger partial charge in [0.25, 0.3) is 5.91 Å². The minimum atomic E-state index is -0.186. The van der Waals surface area contributed by atoms with Gasteiger partial charge in [0, 0.05) is 6.08 Å². The number of aromatic nitrogens is 2. The first-order valence-electron chi connectivity index (χ1n) is 9.21. The summed E-state index contributed by atoms with van der Waals surface area (Å²) in [6.45, 7) is 2.01. The Hall–Kier alpha value is -3.23. The number of imidazole rings is 1. The first kappa shape index (κ1) is 18.8. The van der Waals surface area contributed by atoms with Crippen LogP contribution in [0.4, 0.5) is 5.69 Å². The third kappa shape index (κ3) is 4.05. The van der Waals surface area contributed by atoms with Crippen LogP contribution in [-0.2, 0) is 4.79 Å². The molecule has 30 heavy (non-hydrogen) atoms. The number of amidine groups is 1. The number of hydrogen-bond acceptors (Lipinski definition) is 6. The zero-order chi connectivity index (χ0) is 20.5. The van der Waals surface area contributed by atoms with Crippen molar-refractivity contribution in [1.82, 2.24) is 15.3 Å². The van der Waals surface area contributed by atoms with E-state index in [0.29, 0.717) is 20.9 Å². The van der Waals surface area contributed by atoms with Crippen molar-refractivity contribution in [3.8, 4) is 0 Å². The number of rotatable bonds is 4. The van der Waals surface area contributed by atoms with E-state index in [1.807, 2.05) is 67.6 Å². The predicted molar refractivity (Wildman–Crippen MR) is 121 cm³/mol. The van der Waals surface area contributed by atoms with Crippen molar-refractivity contribution in [2.45, 2.75) is 17.2 Å². The van der Waals surface area contributed by atoms with Gasteiger partial charge in [0.2, 0.25) is 0 Å². The first-order valence-corrected chi connectivity index (χ1v) is 10.8. The Labute approximate surface area is 180 Å². The molecule has 1 aliphatic heterocycles. The Balaban J connectivity index is 1.31. The highest BCUT2D eigenvalue weighted by Gasteiger charge is 2.24. The highest BCUT2D eigenvalue weighted by atomic mass is 32.2. The highest BCUT2D eigenvalue weighted by Crippen LogP contribution is 2.32. The molecule has 3 heterocycles. The van der Waals surface area contributed by atoms with Gasteiger partial charge in [-0.15, -0.1) is 0 Å². The largest absolute Gasteiger partial charge is 0.450 e. The average molecular weight is 433 g/mol. The molecular weight excluding hydrogens is 416 g/mol. The van der Waals surface area contributed by atoms with Crippen LogP contribution < -0.4 is 5.32 Å². The van der Waals surface area contributed by atoms with Crippen LogP contribution >= 0.6 is 23.5 Å². The summed E-state index contributed by atoms with van der Waals surface area (Å²) < 4.78 is 5.86. The van der Waals surface area contributed by atoms with E-state index in [2.05, 4.69) is 20.3 Å². The fourth-order valence-electron chi connectivity index (χ4n) is 2.96. The molecule has 0 atom stereocenters. The maximum atomic E-state index is 12.3. The Morgan fingerprint density at radius 1 is 1.13 bits per heavy atom. The molecule has 2 aromatic carbocycles. The molecule has 0 aliphatic carbocycles. The lowest BCUT2D eigenvalue weighted by atomic mass is 10.2. The van der Waals surface area contributed by atoms with E-state index in [0.717, 1.165) is 27.4 Å². The summed E-state index contributed by atoms with van der Waals surface area (Å²) >= 11 is 2.70. The lowest BCUT2D eigenvalue weighted by Gasteiger charge is -1.97. The molecule has 4 aromatic rings.